The summed E-state index contributed by atoms with van der Waals surface area (Å²) in [5.41, 5.74) is 2.31. The van der Waals surface area contributed by atoms with Crippen LogP contribution in [0.15, 0.2) is 11.6 Å². The molecule has 2 aromatic rings. The first-order valence-electron chi connectivity index (χ1n) is 4.35. The molecule has 4 heteroatoms. The van der Waals surface area contributed by atoms with Gasteiger partial charge in [0.25, 0.3) is 0 Å². The summed E-state index contributed by atoms with van der Waals surface area (Å²) in [7, 11) is 0. The highest BCUT2D eigenvalue weighted by Crippen LogP contribution is 2.17. The van der Waals surface area contributed by atoms with Crippen molar-refractivity contribution >= 4 is 16.3 Å². The van der Waals surface area contributed by atoms with Gasteiger partial charge in [-0.05, 0) is 19.8 Å². The van der Waals surface area contributed by atoms with Crippen LogP contribution in [0.25, 0.3) is 4.96 Å². The van der Waals surface area contributed by atoms with Crippen molar-refractivity contribution in [2.24, 2.45) is 0 Å². The van der Waals surface area contributed by atoms with Crippen LogP contribution in [0, 0.1) is 6.92 Å². The van der Waals surface area contributed by atoms with E-state index in [2.05, 4.69) is 9.38 Å². The molecule has 2 rings (SSSR count). The van der Waals surface area contributed by atoms with Crippen molar-refractivity contribution in [1.82, 2.24) is 9.38 Å². The highest BCUT2D eigenvalue weighted by Gasteiger charge is 2.07. The van der Waals surface area contributed by atoms with Crippen LogP contribution < -0.4 is 0 Å². The second-order valence-corrected chi connectivity index (χ2v) is 3.90. The van der Waals surface area contributed by atoms with Crippen LogP contribution in [0.2, 0.25) is 0 Å². The first-order chi connectivity index (χ1) is 6.33. The number of hydrogen-bond donors (Lipinski definition) is 1. The topological polar surface area (TPSA) is 37.5 Å². The van der Waals surface area contributed by atoms with Gasteiger partial charge in [-0.1, -0.05) is 0 Å². The lowest BCUT2D eigenvalue weighted by Crippen LogP contribution is -1.95. The van der Waals surface area contributed by atoms with Crippen molar-refractivity contribution in [2.75, 3.05) is 6.61 Å². The molecular weight excluding hydrogens is 184 g/mol. The second kappa shape index (κ2) is 3.47. The Labute approximate surface area is 80.7 Å². The predicted octanol–water partition coefficient (Wildman–Crippen LogP) is 1.63. The molecule has 3 nitrogen and oxygen atoms in total. The van der Waals surface area contributed by atoms with Crippen molar-refractivity contribution in [3.8, 4) is 0 Å². The molecule has 0 spiro atoms. The van der Waals surface area contributed by atoms with Gasteiger partial charge in [0.15, 0.2) is 4.96 Å². The van der Waals surface area contributed by atoms with Crippen molar-refractivity contribution in [3.05, 3.63) is 23.0 Å². The Hall–Kier alpha value is -0.870. The number of nitrogens with zero attached hydrogens (tertiary/aromatic N) is 2. The molecule has 1 N–H and O–H groups in total. The lowest BCUT2D eigenvalue weighted by Gasteiger charge is -1.98. The molecule has 0 aliphatic carbocycles. The normalized spacial score (nSPS) is 11.2. The van der Waals surface area contributed by atoms with Gasteiger partial charge in [0.2, 0.25) is 0 Å². The van der Waals surface area contributed by atoms with Crippen LogP contribution >= 0.6 is 11.3 Å². The van der Waals surface area contributed by atoms with Gasteiger partial charge >= 0.3 is 0 Å². The van der Waals surface area contributed by atoms with Gasteiger partial charge in [-0.2, -0.15) is 0 Å². The summed E-state index contributed by atoms with van der Waals surface area (Å²) in [6.07, 6.45) is 3.75. The lowest BCUT2D eigenvalue weighted by atomic mass is 10.2. The monoisotopic (exact) mass is 196 g/mol. The number of aliphatic hydroxyl groups is 1. The summed E-state index contributed by atoms with van der Waals surface area (Å²) in [4.78, 5) is 5.47. The fraction of sp³-hybridized carbons (Fsp3) is 0.444. The van der Waals surface area contributed by atoms with Gasteiger partial charge in [0.05, 0.1) is 5.69 Å². The Morgan fingerprint density at radius 1 is 1.62 bits per heavy atom. The van der Waals surface area contributed by atoms with Gasteiger partial charge in [-0.15, -0.1) is 11.3 Å². The number of rotatable bonds is 3. The zero-order valence-electron chi connectivity index (χ0n) is 7.53. The Morgan fingerprint density at radius 2 is 2.46 bits per heavy atom. The number of hydrogen-bond acceptors (Lipinski definition) is 3. The van der Waals surface area contributed by atoms with E-state index < -0.39 is 0 Å². The average molecular weight is 196 g/mol. The first kappa shape index (κ1) is 8.72. The molecule has 70 valence electrons. The maximum atomic E-state index is 8.75. The Balaban J connectivity index is 2.39. The molecule has 0 saturated carbocycles. The molecule has 0 fully saturated rings. The molecule has 2 heterocycles. The predicted molar refractivity (Wildman–Crippen MR) is 53.2 cm³/mol. The van der Waals surface area contributed by atoms with Crippen molar-refractivity contribution < 1.29 is 5.11 Å². The third-order valence-electron chi connectivity index (χ3n) is 2.13. The molecule has 0 radical (unpaired) electrons. The molecule has 0 bridgehead atoms. The van der Waals surface area contributed by atoms with E-state index in [0.29, 0.717) is 0 Å². The zero-order valence-corrected chi connectivity index (χ0v) is 8.34. The van der Waals surface area contributed by atoms with Crippen LogP contribution in [0.3, 0.4) is 0 Å². The van der Waals surface area contributed by atoms with E-state index in [9.17, 15) is 0 Å². The van der Waals surface area contributed by atoms with Crippen molar-refractivity contribution in [1.29, 1.82) is 0 Å². The Bertz CT molecular complexity index is 405. The largest absolute Gasteiger partial charge is 0.396 e. The maximum absolute atomic E-state index is 8.75. The van der Waals surface area contributed by atoms with Crippen molar-refractivity contribution in [3.63, 3.8) is 0 Å². The molecule has 0 unspecified atom stereocenters. The maximum Gasteiger partial charge on any atom is 0.194 e. The lowest BCUT2D eigenvalue weighted by molar-refractivity contribution is 0.288. The number of imidazole rings is 1. The van der Waals surface area contributed by atoms with Crippen LogP contribution in [-0.2, 0) is 6.42 Å². The van der Waals surface area contributed by atoms with Crippen LogP contribution in [0.4, 0.5) is 0 Å². The minimum atomic E-state index is 0.247. The summed E-state index contributed by atoms with van der Waals surface area (Å²) in [6.45, 7) is 2.27. The molecular formula is C9H12N2OS. The minimum Gasteiger partial charge on any atom is -0.396 e. The molecule has 0 atom stereocenters. The van der Waals surface area contributed by atoms with E-state index in [-0.39, 0.29) is 6.61 Å². The van der Waals surface area contributed by atoms with Gasteiger partial charge in [-0.25, -0.2) is 4.98 Å². The smallest absolute Gasteiger partial charge is 0.194 e. The van der Waals surface area contributed by atoms with Crippen molar-refractivity contribution in [2.45, 2.75) is 19.8 Å². The quantitative estimate of drug-likeness (QED) is 0.810. The molecule has 0 aromatic carbocycles. The van der Waals surface area contributed by atoms with Gasteiger partial charge < -0.3 is 5.11 Å². The first-order valence-corrected chi connectivity index (χ1v) is 5.23. The molecule has 0 saturated heterocycles. The van der Waals surface area contributed by atoms with E-state index in [1.807, 2.05) is 18.5 Å². The molecule has 0 amide bonds. The summed E-state index contributed by atoms with van der Waals surface area (Å²) >= 11 is 1.65. The van der Waals surface area contributed by atoms with E-state index in [1.54, 1.807) is 11.3 Å². The summed E-state index contributed by atoms with van der Waals surface area (Å²) in [6, 6.07) is 0. The second-order valence-electron chi connectivity index (χ2n) is 3.03. The van der Waals surface area contributed by atoms with Crippen LogP contribution in [0.1, 0.15) is 17.8 Å². The Morgan fingerprint density at radius 3 is 3.23 bits per heavy atom. The van der Waals surface area contributed by atoms with Crippen LogP contribution in [0.5, 0.6) is 0 Å². The number of aryl methyl sites for hydroxylation is 2. The van der Waals surface area contributed by atoms with Gasteiger partial charge in [-0.3, -0.25) is 4.40 Å². The third kappa shape index (κ3) is 1.47. The van der Waals surface area contributed by atoms with Gasteiger partial charge in [0.1, 0.15) is 0 Å². The highest BCUT2D eigenvalue weighted by atomic mass is 32.1. The summed E-state index contributed by atoms with van der Waals surface area (Å²) in [5, 5.41) is 10.8. The van der Waals surface area contributed by atoms with E-state index >= 15 is 0 Å². The van der Waals surface area contributed by atoms with E-state index in [0.717, 1.165) is 23.5 Å². The number of thiazole rings is 1. The third-order valence-corrected chi connectivity index (χ3v) is 2.89. The zero-order chi connectivity index (χ0) is 9.26. The van der Waals surface area contributed by atoms with E-state index in [1.165, 1.54) is 5.69 Å². The van der Waals surface area contributed by atoms with Gasteiger partial charge in [0, 0.05) is 23.9 Å². The number of aromatic nitrogens is 2. The van der Waals surface area contributed by atoms with Crippen LogP contribution in [-0.4, -0.2) is 21.1 Å². The minimum absolute atomic E-state index is 0.247. The molecule has 2 aromatic heterocycles. The fourth-order valence-corrected chi connectivity index (χ4v) is 2.27. The number of fused-ring (bicyclic) bond motifs is 1. The van der Waals surface area contributed by atoms with E-state index in [4.69, 9.17) is 5.11 Å². The Kier molecular flexibility index (Phi) is 2.33. The summed E-state index contributed by atoms with van der Waals surface area (Å²) in [5.74, 6) is 0. The number of aliphatic hydroxyl groups excluding tert-OH is 1. The highest BCUT2D eigenvalue weighted by molar-refractivity contribution is 7.15. The molecule has 0 aliphatic rings. The summed E-state index contributed by atoms with van der Waals surface area (Å²) < 4.78 is 2.11. The average Bonchev–Trinajstić information content (AvgIpc) is 2.62. The fourth-order valence-electron chi connectivity index (χ4n) is 1.49. The SMILES string of the molecule is Cc1nc2sccn2c1CCCO. The standard InChI is InChI=1S/C9H12N2OS/c1-7-8(3-2-5-12)11-4-6-13-9(11)10-7/h4,6,12H,2-3,5H2,1H3. The molecule has 0 aliphatic heterocycles. The molecule has 13 heavy (non-hydrogen) atoms.